The topological polar surface area (TPSA) is 121 Å². The molecule has 9 heteroatoms. The normalized spacial score (nSPS) is 14.8. The van der Waals surface area contributed by atoms with Gasteiger partial charge in [0, 0.05) is 22.6 Å². The Bertz CT molecular complexity index is 1280. The van der Waals surface area contributed by atoms with Crippen LogP contribution in [0.25, 0.3) is 16.9 Å². The fraction of sp³-hybridized carbons (Fsp3) is 0.174. The molecular weight excluding hydrogens is 406 g/mol. The van der Waals surface area contributed by atoms with E-state index in [1.165, 1.54) is 6.33 Å². The van der Waals surface area contributed by atoms with Crippen LogP contribution in [-0.2, 0) is 4.79 Å². The van der Waals surface area contributed by atoms with E-state index in [0.717, 1.165) is 28.1 Å². The van der Waals surface area contributed by atoms with Crippen molar-refractivity contribution in [3.05, 3.63) is 78.1 Å². The first kappa shape index (κ1) is 19.8. The minimum Gasteiger partial charge on any atom is -0.438 e. The zero-order valence-electron chi connectivity index (χ0n) is 17.6. The summed E-state index contributed by atoms with van der Waals surface area (Å²) in [7, 11) is 0. The number of amides is 1. The summed E-state index contributed by atoms with van der Waals surface area (Å²) in [5.41, 5.74) is 5.77. The highest BCUT2D eigenvalue weighted by Crippen LogP contribution is 2.51. The van der Waals surface area contributed by atoms with E-state index in [4.69, 9.17) is 15.6 Å². The Labute approximate surface area is 184 Å². The summed E-state index contributed by atoms with van der Waals surface area (Å²) < 4.78 is 7.74. The van der Waals surface area contributed by atoms with Crippen LogP contribution in [-0.4, -0.2) is 31.1 Å². The summed E-state index contributed by atoms with van der Waals surface area (Å²) in [5, 5.41) is 11.2. The second-order valence-electron chi connectivity index (χ2n) is 8.16. The lowest BCUT2D eigenvalue weighted by molar-refractivity contribution is -0.130. The van der Waals surface area contributed by atoms with E-state index < -0.39 is 5.41 Å². The highest BCUT2D eigenvalue weighted by Gasteiger charge is 2.43. The lowest BCUT2D eigenvalue weighted by Gasteiger charge is -2.37. The number of nitrogens with two attached hydrogens (primary N) is 1. The summed E-state index contributed by atoms with van der Waals surface area (Å²) in [6.45, 7) is 3.74. The molecule has 0 aliphatic carbocycles. The zero-order valence-corrected chi connectivity index (χ0v) is 17.6. The largest absolute Gasteiger partial charge is 0.438 e. The molecule has 0 fully saturated rings. The molecule has 2 aromatic carbocycles. The number of nitrogens with zero attached hydrogens (tertiary/aromatic N) is 5. The van der Waals surface area contributed by atoms with E-state index in [2.05, 4.69) is 21.0 Å². The third-order valence-electron chi connectivity index (χ3n) is 5.85. The molecule has 3 N–H and O–H groups in total. The first-order valence-corrected chi connectivity index (χ1v) is 10.1. The molecule has 1 amide bonds. The number of hydrogen-bond acceptors (Lipinski definition) is 7. The van der Waals surface area contributed by atoms with Crippen LogP contribution >= 0.6 is 0 Å². The van der Waals surface area contributed by atoms with Gasteiger partial charge in [-0.2, -0.15) is 0 Å². The number of carbonyl (C=O) groups excluding carboxylic acids is 1. The predicted molar refractivity (Wildman–Crippen MR) is 117 cm³/mol. The molecule has 160 valence electrons. The van der Waals surface area contributed by atoms with Gasteiger partial charge in [-0.1, -0.05) is 50.2 Å². The van der Waals surface area contributed by atoms with Crippen molar-refractivity contribution in [2.45, 2.75) is 19.8 Å². The number of aromatic nitrogens is 5. The molecule has 0 spiro atoms. The van der Waals surface area contributed by atoms with Crippen LogP contribution in [0.2, 0.25) is 0 Å². The van der Waals surface area contributed by atoms with Gasteiger partial charge in [-0.05, 0) is 34.7 Å². The predicted octanol–water partition coefficient (Wildman–Crippen LogP) is 2.98. The van der Waals surface area contributed by atoms with Gasteiger partial charge in [-0.25, -0.2) is 15.5 Å². The fourth-order valence-corrected chi connectivity index (χ4v) is 4.16. The van der Waals surface area contributed by atoms with Crippen LogP contribution in [0.1, 0.15) is 30.9 Å². The minimum atomic E-state index is -0.819. The molecule has 1 atom stereocenters. The lowest BCUT2D eigenvalue weighted by Crippen LogP contribution is -2.45. The van der Waals surface area contributed by atoms with E-state index in [1.807, 2.05) is 74.5 Å². The van der Waals surface area contributed by atoms with Gasteiger partial charge in [0.15, 0.2) is 0 Å². The molecule has 2 aromatic heterocycles. The number of fused-ring (bicyclic) bond motifs is 2. The molecule has 5 rings (SSSR count). The quantitative estimate of drug-likeness (QED) is 0.292. The Kier molecular flexibility index (Phi) is 4.67. The van der Waals surface area contributed by atoms with Gasteiger partial charge in [0.1, 0.15) is 12.1 Å². The lowest BCUT2D eigenvalue weighted by atomic mass is 9.70. The summed E-state index contributed by atoms with van der Waals surface area (Å²) in [6, 6.07) is 19.3. The highest BCUT2D eigenvalue weighted by atomic mass is 16.5. The zero-order chi connectivity index (χ0) is 22.3. The number of tetrazole rings is 1. The average molecular weight is 427 g/mol. The second kappa shape index (κ2) is 7.54. The van der Waals surface area contributed by atoms with Crippen molar-refractivity contribution in [3.8, 4) is 28.6 Å². The van der Waals surface area contributed by atoms with Crippen LogP contribution in [0, 0.1) is 5.41 Å². The van der Waals surface area contributed by atoms with Crippen molar-refractivity contribution in [1.82, 2.24) is 30.6 Å². The van der Waals surface area contributed by atoms with Gasteiger partial charge >= 0.3 is 0 Å². The number of benzene rings is 2. The molecule has 3 heterocycles. The molecule has 0 unspecified atom stereocenters. The molecule has 1 aliphatic rings. The van der Waals surface area contributed by atoms with Crippen LogP contribution in [0.5, 0.6) is 11.6 Å². The third-order valence-corrected chi connectivity index (χ3v) is 5.85. The maximum atomic E-state index is 12.7. The number of hydrazine groups is 1. The van der Waals surface area contributed by atoms with E-state index in [1.54, 1.807) is 4.68 Å². The molecule has 0 bridgehead atoms. The van der Waals surface area contributed by atoms with Gasteiger partial charge in [-0.3, -0.25) is 10.2 Å². The van der Waals surface area contributed by atoms with Crippen LogP contribution in [0.15, 0.2) is 67.0 Å². The summed E-state index contributed by atoms with van der Waals surface area (Å²) in [5.74, 6) is 6.13. The van der Waals surface area contributed by atoms with Crippen LogP contribution in [0.3, 0.4) is 0 Å². The van der Waals surface area contributed by atoms with Crippen molar-refractivity contribution in [2.24, 2.45) is 11.3 Å². The Balaban J connectivity index is 1.57. The van der Waals surface area contributed by atoms with Gasteiger partial charge < -0.3 is 4.74 Å². The van der Waals surface area contributed by atoms with Gasteiger partial charge in [0.05, 0.1) is 16.8 Å². The maximum absolute atomic E-state index is 12.7. The molecule has 0 radical (unpaired) electrons. The number of ether oxygens (including phenoxy) is 1. The molecule has 1 aliphatic heterocycles. The Hall–Kier alpha value is -4.11. The molecule has 0 saturated heterocycles. The van der Waals surface area contributed by atoms with Crippen molar-refractivity contribution >= 4 is 5.91 Å². The molecular formula is C23H21N7O2. The second-order valence-corrected chi connectivity index (χ2v) is 8.16. The van der Waals surface area contributed by atoms with E-state index in [9.17, 15) is 4.79 Å². The van der Waals surface area contributed by atoms with E-state index in [0.29, 0.717) is 11.6 Å². The maximum Gasteiger partial charge on any atom is 0.240 e. The number of pyridine rings is 1. The van der Waals surface area contributed by atoms with Crippen molar-refractivity contribution in [3.63, 3.8) is 0 Å². The standard InChI is InChI=1S/C23H21N7O2/c1-23(2,22(31)27-24)20-16-5-3-4-6-19(16)32-21-17(20)11-12-18(26-21)14-7-9-15(10-8-14)30-13-25-28-29-30/h3-13,20H,24H2,1-2H3,(H,27,31)/t20-/m0/s1. The summed E-state index contributed by atoms with van der Waals surface area (Å²) in [4.78, 5) is 17.4. The number of nitrogens with one attached hydrogen (secondary N) is 1. The highest BCUT2D eigenvalue weighted by molar-refractivity contribution is 5.84. The first-order valence-electron chi connectivity index (χ1n) is 10.1. The van der Waals surface area contributed by atoms with Crippen molar-refractivity contribution < 1.29 is 9.53 Å². The smallest absolute Gasteiger partial charge is 0.240 e. The summed E-state index contributed by atoms with van der Waals surface area (Å²) in [6.07, 6.45) is 1.54. The Morgan fingerprint density at radius 1 is 1.06 bits per heavy atom. The van der Waals surface area contributed by atoms with Crippen molar-refractivity contribution in [2.75, 3.05) is 0 Å². The SMILES string of the molecule is CC(C)(C(=O)NN)[C@H]1c2ccccc2Oc2nc(-c3ccc(-n4cnnn4)cc3)ccc21. The van der Waals surface area contributed by atoms with Crippen LogP contribution in [0.4, 0.5) is 0 Å². The number of para-hydroxylation sites is 1. The monoisotopic (exact) mass is 427 g/mol. The van der Waals surface area contributed by atoms with Gasteiger partial charge in [-0.15, -0.1) is 5.10 Å². The Morgan fingerprint density at radius 3 is 2.56 bits per heavy atom. The number of rotatable bonds is 4. The van der Waals surface area contributed by atoms with Gasteiger partial charge in [0.25, 0.3) is 0 Å². The van der Waals surface area contributed by atoms with Gasteiger partial charge in [0.2, 0.25) is 11.8 Å². The summed E-state index contributed by atoms with van der Waals surface area (Å²) >= 11 is 0. The third kappa shape index (κ3) is 3.19. The molecule has 9 nitrogen and oxygen atoms in total. The van der Waals surface area contributed by atoms with E-state index in [-0.39, 0.29) is 11.8 Å². The number of carbonyl (C=O) groups is 1. The van der Waals surface area contributed by atoms with Crippen LogP contribution < -0.4 is 16.0 Å². The Morgan fingerprint density at radius 2 is 1.84 bits per heavy atom. The van der Waals surface area contributed by atoms with Crippen molar-refractivity contribution in [1.29, 1.82) is 0 Å². The first-order chi connectivity index (χ1) is 15.5. The fourth-order valence-electron chi connectivity index (χ4n) is 4.16. The molecule has 4 aromatic rings. The molecule has 0 saturated carbocycles. The average Bonchev–Trinajstić information content (AvgIpc) is 3.36. The van der Waals surface area contributed by atoms with E-state index >= 15 is 0 Å². The number of hydrogen-bond donors (Lipinski definition) is 2. The minimum absolute atomic E-state index is 0.257. The molecule has 32 heavy (non-hydrogen) atoms.